The molecule has 7 heteroatoms. The van der Waals surface area contributed by atoms with E-state index in [4.69, 9.17) is 4.74 Å². The highest BCUT2D eigenvalue weighted by Gasteiger charge is 2.25. The second kappa shape index (κ2) is 7.71. The highest BCUT2D eigenvalue weighted by atomic mass is 32.1. The van der Waals surface area contributed by atoms with Crippen molar-refractivity contribution >= 4 is 33.3 Å². The maximum atomic E-state index is 12.9. The molecular formula is C24H26N2O4S. The molecule has 1 aliphatic rings. The largest absolute Gasteiger partial charge is 0.453 e. The average molecular weight is 439 g/mol. The molecule has 0 spiro atoms. The fourth-order valence-electron chi connectivity index (χ4n) is 4.46. The predicted molar refractivity (Wildman–Crippen MR) is 122 cm³/mol. The van der Waals surface area contributed by atoms with Gasteiger partial charge in [0, 0.05) is 18.5 Å². The third-order valence-electron chi connectivity index (χ3n) is 6.71. The number of carbonyl (C=O) groups is 2. The number of nitrogens with zero attached hydrogens (tertiary/aromatic N) is 2. The minimum Gasteiger partial charge on any atom is -0.453 e. The highest BCUT2D eigenvalue weighted by Crippen LogP contribution is 2.30. The fourth-order valence-corrected chi connectivity index (χ4v) is 5.54. The lowest BCUT2D eigenvalue weighted by Crippen LogP contribution is -2.21. The molecule has 2 aromatic heterocycles. The summed E-state index contributed by atoms with van der Waals surface area (Å²) in [4.78, 5) is 44.0. The summed E-state index contributed by atoms with van der Waals surface area (Å²) in [6.45, 7) is 12.0. The molecule has 0 amide bonds. The van der Waals surface area contributed by atoms with Crippen LogP contribution in [0.3, 0.4) is 0 Å². The van der Waals surface area contributed by atoms with Crippen molar-refractivity contribution in [1.29, 1.82) is 0 Å². The standard InChI is InChI=1S/C24H26N2O4S/c1-11-12(2)14(4)19(15(5)13(11)3)17(27)10-30-24(29)21-16(6)20-22(31-21)25-18-8-7-9-26(18)23(20)28/h7-10H2,1-6H3. The van der Waals surface area contributed by atoms with Gasteiger partial charge in [0.1, 0.15) is 15.5 Å². The van der Waals surface area contributed by atoms with E-state index in [1.807, 2.05) is 27.7 Å². The van der Waals surface area contributed by atoms with E-state index in [2.05, 4.69) is 11.9 Å². The minimum absolute atomic E-state index is 0.0989. The van der Waals surface area contributed by atoms with Crippen LogP contribution in [-0.4, -0.2) is 27.9 Å². The lowest BCUT2D eigenvalue weighted by molar-refractivity contribution is 0.0478. The Labute approximate surface area is 184 Å². The van der Waals surface area contributed by atoms with Gasteiger partial charge < -0.3 is 4.74 Å². The van der Waals surface area contributed by atoms with Gasteiger partial charge in [-0.25, -0.2) is 9.78 Å². The summed E-state index contributed by atoms with van der Waals surface area (Å²) in [7, 11) is 0. The van der Waals surface area contributed by atoms with Crippen molar-refractivity contribution in [3.8, 4) is 0 Å². The number of esters is 1. The lowest BCUT2D eigenvalue weighted by Gasteiger charge is -2.17. The molecule has 1 aliphatic heterocycles. The zero-order valence-corrected chi connectivity index (χ0v) is 19.6. The Bertz CT molecular complexity index is 1300. The number of hydrogen-bond acceptors (Lipinski definition) is 6. The van der Waals surface area contributed by atoms with Crippen molar-refractivity contribution < 1.29 is 14.3 Å². The lowest BCUT2D eigenvalue weighted by atomic mass is 9.88. The second-order valence-electron chi connectivity index (χ2n) is 8.32. The summed E-state index contributed by atoms with van der Waals surface area (Å²) in [6.07, 6.45) is 1.68. The Morgan fingerprint density at radius 2 is 1.58 bits per heavy atom. The van der Waals surface area contributed by atoms with E-state index in [9.17, 15) is 14.4 Å². The normalized spacial score (nSPS) is 13.0. The van der Waals surface area contributed by atoms with Gasteiger partial charge in [-0.15, -0.1) is 11.3 Å². The molecule has 1 aromatic carbocycles. The summed E-state index contributed by atoms with van der Waals surface area (Å²) in [6, 6.07) is 0. The van der Waals surface area contributed by atoms with E-state index in [0.717, 1.165) is 52.3 Å². The van der Waals surface area contributed by atoms with Crippen LogP contribution >= 0.6 is 11.3 Å². The molecular weight excluding hydrogens is 412 g/mol. The molecule has 0 saturated heterocycles. The Hall–Kier alpha value is -2.80. The molecule has 0 unspecified atom stereocenters. The van der Waals surface area contributed by atoms with Gasteiger partial charge in [-0.2, -0.15) is 0 Å². The number of ketones is 1. The average Bonchev–Trinajstić information content (AvgIpc) is 3.34. The van der Waals surface area contributed by atoms with E-state index in [0.29, 0.717) is 32.8 Å². The molecule has 0 N–H and O–H groups in total. The second-order valence-corrected chi connectivity index (χ2v) is 9.32. The molecule has 0 aliphatic carbocycles. The van der Waals surface area contributed by atoms with Crippen LogP contribution < -0.4 is 5.56 Å². The van der Waals surface area contributed by atoms with Crippen molar-refractivity contribution in [1.82, 2.24) is 9.55 Å². The number of aromatic nitrogens is 2. The smallest absolute Gasteiger partial charge is 0.349 e. The Kier molecular flexibility index (Phi) is 5.33. The summed E-state index contributed by atoms with van der Waals surface area (Å²) in [5.74, 6) is -0.0373. The van der Waals surface area contributed by atoms with E-state index in [1.54, 1.807) is 11.5 Å². The molecule has 6 nitrogen and oxygen atoms in total. The third-order valence-corrected chi connectivity index (χ3v) is 7.88. The molecule has 0 radical (unpaired) electrons. The highest BCUT2D eigenvalue weighted by molar-refractivity contribution is 7.20. The number of Topliss-reactive ketones (excluding diaryl/α,β-unsaturated/α-hetero) is 1. The molecule has 0 atom stereocenters. The molecule has 162 valence electrons. The van der Waals surface area contributed by atoms with Crippen LogP contribution in [-0.2, 0) is 17.7 Å². The van der Waals surface area contributed by atoms with Gasteiger partial charge in [-0.05, 0) is 81.3 Å². The van der Waals surface area contributed by atoms with Crippen LogP contribution in [0.15, 0.2) is 4.79 Å². The fraction of sp³-hybridized carbons (Fsp3) is 0.417. The Balaban J connectivity index is 1.61. The predicted octanol–water partition coefficient (Wildman–Crippen LogP) is 4.29. The Morgan fingerprint density at radius 3 is 2.23 bits per heavy atom. The summed E-state index contributed by atoms with van der Waals surface area (Å²) in [5.41, 5.74) is 6.28. The van der Waals surface area contributed by atoms with E-state index in [1.165, 1.54) is 5.56 Å². The monoisotopic (exact) mass is 438 g/mol. The van der Waals surface area contributed by atoms with E-state index >= 15 is 0 Å². The van der Waals surface area contributed by atoms with Gasteiger partial charge in [0.15, 0.2) is 6.61 Å². The number of hydrogen-bond donors (Lipinski definition) is 0. The SMILES string of the molecule is Cc1c(C)c(C)c(C(=O)COC(=O)c2sc3nc4n(c(=O)c3c2C)CCC4)c(C)c1C. The zero-order chi connectivity index (χ0) is 22.6. The first kappa shape index (κ1) is 21.4. The molecule has 0 fully saturated rings. The van der Waals surface area contributed by atoms with Crippen molar-refractivity contribution in [3.05, 3.63) is 60.0 Å². The van der Waals surface area contributed by atoms with Gasteiger partial charge in [0.2, 0.25) is 5.78 Å². The van der Waals surface area contributed by atoms with E-state index < -0.39 is 5.97 Å². The van der Waals surface area contributed by atoms with Crippen LogP contribution in [0.5, 0.6) is 0 Å². The number of carbonyl (C=O) groups excluding carboxylic acids is 2. The molecule has 31 heavy (non-hydrogen) atoms. The summed E-state index contributed by atoms with van der Waals surface area (Å²) >= 11 is 1.16. The van der Waals surface area contributed by atoms with Crippen LogP contribution in [0.1, 0.15) is 65.7 Å². The first-order valence-corrected chi connectivity index (χ1v) is 11.2. The van der Waals surface area contributed by atoms with E-state index in [-0.39, 0.29) is 17.9 Å². The zero-order valence-electron chi connectivity index (χ0n) is 18.8. The quantitative estimate of drug-likeness (QED) is 0.448. The van der Waals surface area contributed by atoms with Crippen LogP contribution in [0.25, 0.3) is 10.2 Å². The van der Waals surface area contributed by atoms with Crippen LogP contribution in [0, 0.1) is 41.5 Å². The van der Waals surface area contributed by atoms with Crippen molar-refractivity contribution in [2.24, 2.45) is 0 Å². The summed E-state index contributed by atoms with van der Waals surface area (Å²) < 4.78 is 7.09. The molecule has 3 heterocycles. The molecule has 0 bridgehead atoms. The maximum Gasteiger partial charge on any atom is 0.349 e. The Morgan fingerprint density at radius 1 is 0.968 bits per heavy atom. The number of rotatable bonds is 4. The summed E-state index contributed by atoms with van der Waals surface area (Å²) in [5, 5.41) is 0.477. The number of thiophene rings is 1. The van der Waals surface area contributed by atoms with Gasteiger partial charge in [0.25, 0.3) is 5.56 Å². The van der Waals surface area contributed by atoms with Gasteiger partial charge >= 0.3 is 5.97 Å². The number of aryl methyl sites for hydroxylation is 2. The third kappa shape index (κ3) is 3.31. The van der Waals surface area contributed by atoms with Crippen LogP contribution in [0.4, 0.5) is 0 Å². The number of benzene rings is 1. The number of fused-ring (bicyclic) bond motifs is 2. The number of ether oxygens (including phenoxy) is 1. The van der Waals surface area contributed by atoms with Crippen molar-refractivity contribution in [2.45, 2.75) is 60.9 Å². The van der Waals surface area contributed by atoms with Gasteiger partial charge in [-0.1, -0.05) is 0 Å². The molecule has 3 aromatic rings. The first-order chi connectivity index (χ1) is 14.6. The van der Waals surface area contributed by atoms with Crippen LogP contribution in [0.2, 0.25) is 0 Å². The van der Waals surface area contributed by atoms with Crippen molar-refractivity contribution in [2.75, 3.05) is 6.61 Å². The van der Waals surface area contributed by atoms with Gasteiger partial charge in [-0.3, -0.25) is 14.2 Å². The van der Waals surface area contributed by atoms with Gasteiger partial charge in [0.05, 0.1) is 5.39 Å². The minimum atomic E-state index is -0.589. The maximum absolute atomic E-state index is 12.9. The topological polar surface area (TPSA) is 78.3 Å². The first-order valence-electron chi connectivity index (χ1n) is 10.4. The molecule has 4 rings (SSSR count). The van der Waals surface area contributed by atoms with Crippen molar-refractivity contribution in [3.63, 3.8) is 0 Å². The molecule has 0 saturated carbocycles.